The van der Waals surface area contributed by atoms with Gasteiger partial charge in [0.05, 0.1) is 11.8 Å². The lowest BCUT2D eigenvalue weighted by Gasteiger charge is -2.03. The summed E-state index contributed by atoms with van der Waals surface area (Å²) in [6.07, 6.45) is 2.68. The average Bonchev–Trinajstić information content (AvgIpc) is 2.85. The van der Waals surface area contributed by atoms with E-state index in [4.69, 9.17) is 14.4 Å². The van der Waals surface area contributed by atoms with Crippen molar-refractivity contribution in [3.8, 4) is 5.75 Å². The fourth-order valence-corrected chi connectivity index (χ4v) is 1.32. The van der Waals surface area contributed by atoms with Gasteiger partial charge in [-0.3, -0.25) is 4.98 Å². The molecule has 7 nitrogen and oxygen atoms in total. The third-order valence-corrected chi connectivity index (χ3v) is 2.31. The first-order valence-electron chi connectivity index (χ1n) is 5.70. The molecule has 2 aromatic rings. The summed E-state index contributed by atoms with van der Waals surface area (Å²) in [5.74, 6) is 0.383. The molecule has 19 heavy (non-hydrogen) atoms. The molecule has 0 spiro atoms. The zero-order chi connectivity index (χ0) is 13.8. The Balaban J connectivity index is 2.01. The fourth-order valence-electron chi connectivity index (χ4n) is 1.32. The van der Waals surface area contributed by atoms with Crippen LogP contribution in [0.2, 0.25) is 0 Å². The second-order valence-electron chi connectivity index (χ2n) is 4.21. The molecular weight excluding hydrogens is 250 g/mol. The average molecular weight is 263 g/mol. The monoisotopic (exact) mass is 263 g/mol. The van der Waals surface area contributed by atoms with Gasteiger partial charge >= 0.3 is 5.97 Å². The SMILES string of the molecule is CC(C)c1nc(COc2cncc(C(=O)O)c2)no1. The van der Waals surface area contributed by atoms with Crippen LogP contribution >= 0.6 is 0 Å². The molecule has 0 amide bonds. The quantitative estimate of drug-likeness (QED) is 0.878. The molecule has 2 heterocycles. The zero-order valence-electron chi connectivity index (χ0n) is 10.5. The van der Waals surface area contributed by atoms with Crippen LogP contribution in [-0.2, 0) is 6.61 Å². The van der Waals surface area contributed by atoms with Gasteiger partial charge in [0.1, 0.15) is 5.75 Å². The van der Waals surface area contributed by atoms with Crippen molar-refractivity contribution in [3.63, 3.8) is 0 Å². The Labute approximate surface area is 109 Å². The van der Waals surface area contributed by atoms with Gasteiger partial charge in [0.25, 0.3) is 0 Å². The van der Waals surface area contributed by atoms with Crippen LogP contribution in [0.5, 0.6) is 5.75 Å². The first-order chi connectivity index (χ1) is 9.06. The van der Waals surface area contributed by atoms with Crippen molar-refractivity contribution >= 4 is 5.97 Å². The summed E-state index contributed by atoms with van der Waals surface area (Å²) in [5.41, 5.74) is 0.0634. The highest BCUT2D eigenvalue weighted by Crippen LogP contribution is 2.14. The topological polar surface area (TPSA) is 98.3 Å². The Bertz CT molecular complexity index is 580. The normalized spacial score (nSPS) is 10.7. The molecule has 1 N–H and O–H groups in total. The number of rotatable bonds is 5. The summed E-state index contributed by atoms with van der Waals surface area (Å²) in [7, 11) is 0. The van der Waals surface area contributed by atoms with E-state index in [0.717, 1.165) is 0 Å². The molecule has 0 aliphatic carbocycles. The van der Waals surface area contributed by atoms with Crippen molar-refractivity contribution in [1.29, 1.82) is 0 Å². The van der Waals surface area contributed by atoms with E-state index in [-0.39, 0.29) is 18.1 Å². The maximum Gasteiger partial charge on any atom is 0.337 e. The fraction of sp³-hybridized carbons (Fsp3) is 0.333. The lowest BCUT2D eigenvalue weighted by molar-refractivity contribution is 0.0696. The lowest BCUT2D eigenvalue weighted by Crippen LogP contribution is -2.01. The van der Waals surface area contributed by atoms with Gasteiger partial charge in [0, 0.05) is 12.1 Å². The van der Waals surface area contributed by atoms with Crippen molar-refractivity contribution < 1.29 is 19.2 Å². The molecule has 0 atom stereocenters. The molecule has 0 unspecified atom stereocenters. The number of hydrogen-bond donors (Lipinski definition) is 1. The van der Waals surface area contributed by atoms with Crippen LogP contribution in [0.4, 0.5) is 0 Å². The van der Waals surface area contributed by atoms with Crippen molar-refractivity contribution in [2.75, 3.05) is 0 Å². The van der Waals surface area contributed by atoms with E-state index in [9.17, 15) is 4.79 Å². The van der Waals surface area contributed by atoms with Crippen molar-refractivity contribution in [3.05, 3.63) is 35.7 Å². The van der Waals surface area contributed by atoms with Crippen LogP contribution in [-0.4, -0.2) is 26.2 Å². The molecule has 0 saturated carbocycles. The molecule has 2 rings (SSSR count). The Morgan fingerprint density at radius 2 is 2.26 bits per heavy atom. The molecule has 0 radical (unpaired) electrons. The molecule has 7 heteroatoms. The van der Waals surface area contributed by atoms with Crippen molar-refractivity contribution in [1.82, 2.24) is 15.1 Å². The standard InChI is InChI=1S/C12H13N3O4/c1-7(2)11-14-10(15-19-11)6-18-9-3-8(12(16)17)4-13-5-9/h3-5,7H,6H2,1-2H3,(H,16,17). The van der Waals surface area contributed by atoms with Gasteiger partial charge in [0.15, 0.2) is 6.61 Å². The third-order valence-electron chi connectivity index (χ3n) is 2.31. The first-order valence-corrected chi connectivity index (χ1v) is 5.70. The van der Waals surface area contributed by atoms with Gasteiger partial charge in [-0.25, -0.2) is 4.79 Å². The Kier molecular flexibility index (Phi) is 3.74. The molecule has 0 aliphatic heterocycles. The third kappa shape index (κ3) is 3.27. The summed E-state index contributed by atoms with van der Waals surface area (Å²) in [6.45, 7) is 3.98. The van der Waals surface area contributed by atoms with Gasteiger partial charge in [-0.1, -0.05) is 19.0 Å². The highest BCUT2D eigenvalue weighted by molar-refractivity contribution is 5.87. The van der Waals surface area contributed by atoms with Crippen LogP contribution in [0.1, 0.15) is 41.8 Å². The second kappa shape index (κ2) is 5.47. The van der Waals surface area contributed by atoms with Crippen molar-refractivity contribution in [2.45, 2.75) is 26.4 Å². The van der Waals surface area contributed by atoms with E-state index >= 15 is 0 Å². The molecule has 0 fully saturated rings. The van der Waals surface area contributed by atoms with E-state index in [1.54, 1.807) is 0 Å². The largest absolute Gasteiger partial charge is 0.484 e. The molecule has 100 valence electrons. The summed E-state index contributed by atoms with van der Waals surface area (Å²) >= 11 is 0. The second-order valence-corrected chi connectivity index (χ2v) is 4.21. The number of carboxylic acids is 1. The van der Waals surface area contributed by atoms with Crippen LogP contribution in [0.25, 0.3) is 0 Å². The summed E-state index contributed by atoms with van der Waals surface area (Å²) in [6, 6.07) is 1.39. The molecule has 2 aromatic heterocycles. The number of aromatic nitrogens is 3. The van der Waals surface area contributed by atoms with E-state index < -0.39 is 5.97 Å². The highest BCUT2D eigenvalue weighted by atomic mass is 16.5. The number of carboxylic acid groups (broad SMARTS) is 1. The summed E-state index contributed by atoms with van der Waals surface area (Å²) < 4.78 is 10.4. The van der Waals surface area contributed by atoms with Crippen LogP contribution in [0, 0.1) is 0 Å². The zero-order valence-corrected chi connectivity index (χ0v) is 10.5. The number of aromatic carboxylic acids is 1. The molecule has 0 bridgehead atoms. The highest BCUT2D eigenvalue weighted by Gasteiger charge is 2.11. The van der Waals surface area contributed by atoms with Crippen LogP contribution < -0.4 is 4.74 Å². The lowest BCUT2D eigenvalue weighted by atomic mass is 10.2. The molecule has 0 saturated heterocycles. The van der Waals surface area contributed by atoms with Gasteiger partial charge in [-0.05, 0) is 6.07 Å². The minimum atomic E-state index is -1.06. The molecule has 0 aliphatic rings. The molecular formula is C12H13N3O4. The summed E-state index contributed by atoms with van der Waals surface area (Å²) in [4.78, 5) is 18.7. The Morgan fingerprint density at radius 1 is 1.47 bits per heavy atom. The number of pyridine rings is 1. The van der Waals surface area contributed by atoms with Crippen LogP contribution in [0.3, 0.4) is 0 Å². The van der Waals surface area contributed by atoms with Gasteiger partial charge in [-0.15, -0.1) is 0 Å². The predicted octanol–water partition coefficient (Wildman–Crippen LogP) is 1.87. The predicted molar refractivity (Wildman–Crippen MR) is 63.9 cm³/mol. The minimum absolute atomic E-state index is 0.0634. The van der Waals surface area contributed by atoms with E-state index in [1.165, 1.54) is 18.5 Å². The van der Waals surface area contributed by atoms with Gasteiger partial charge in [-0.2, -0.15) is 4.98 Å². The maximum atomic E-state index is 10.8. The number of ether oxygens (including phenoxy) is 1. The van der Waals surface area contributed by atoms with Crippen LogP contribution in [0.15, 0.2) is 23.0 Å². The smallest absolute Gasteiger partial charge is 0.337 e. The Hall–Kier alpha value is -2.44. The number of nitrogens with zero attached hydrogens (tertiary/aromatic N) is 3. The number of carbonyl (C=O) groups is 1. The van der Waals surface area contributed by atoms with Crippen molar-refractivity contribution in [2.24, 2.45) is 0 Å². The molecule has 0 aromatic carbocycles. The summed E-state index contributed by atoms with van der Waals surface area (Å²) in [5, 5.41) is 12.6. The first kappa shape index (κ1) is 13.0. The van der Waals surface area contributed by atoms with E-state index in [0.29, 0.717) is 17.5 Å². The van der Waals surface area contributed by atoms with E-state index in [1.807, 2.05) is 13.8 Å². The van der Waals surface area contributed by atoms with Gasteiger partial charge < -0.3 is 14.4 Å². The Morgan fingerprint density at radius 3 is 2.89 bits per heavy atom. The minimum Gasteiger partial charge on any atom is -0.484 e. The number of hydrogen-bond acceptors (Lipinski definition) is 6. The van der Waals surface area contributed by atoms with E-state index in [2.05, 4.69) is 15.1 Å². The maximum absolute atomic E-state index is 10.8. The van der Waals surface area contributed by atoms with Gasteiger partial charge in [0.2, 0.25) is 11.7 Å².